The summed E-state index contributed by atoms with van der Waals surface area (Å²) >= 11 is 0.219. The van der Waals surface area contributed by atoms with Crippen LogP contribution in [-0.2, 0) is 43.6 Å². The highest BCUT2D eigenvalue weighted by molar-refractivity contribution is 7.91. The molecule has 4 aromatic rings. The molecule has 0 fully saturated rings. The second-order valence-corrected chi connectivity index (χ2v) is 14.7. The van der Waals surface area contributed by atoms with E-state index in [1.807, 2.05) is 0 Å². The zero-order valence-corrected chi connectivity index (χ0v) is 27.9. The number of anilines is 6. The Labute approximate surface area is 287 Å². The van der Waals surface area contributed by atoms with Gasteiger partial charge in [0.25, 0.3) is 20.2 Å². The molecule has 0 saturated heterocycles. The van der Waals surface area contributed by atoms with Gasteiger partial charge in [0.05, 0.1) is 39.2 Å². The minimum Gasteiger partial charge on any atom is -0.398 e. The van der Waals surface area contributed by atoms with Gasteiger partial charge in [-0.15, -0.1) is 9.45 Å². The van der Waals surface area contributed by atoms with Crippen molar-refractivity contribution >= 4 is 88.7 Å². The average molecular weight is 771 g/mol. The molecule has 0 radical (unpaired) electrons. The van der Waals surface area contributed by atoms with Crippen LogP contribution >= 0.6 is 12.3 Å². The molecule has 0 aliphatic carbocycles. The zero-order valence-electron chi connectivity index (χ0n) is 24.6. The predicted octanol–water partition coefficient (Wildman–Crippen LogP) is 3.52. The third kappa shape index (κ3) is 10.5. The molecule has 4 rings (SSSR count). The van der Waals surface area contributed by atoms with Gasteiger partial charge in [0.1, 0.15) is 10.6 Å². The minimum atomic E-state index is -4.85. The largest absolute Gasteiger partial charge is 0.398 e. The molecule has 22 nitrogen and oxygen atoms in total. The van der Waals surface area contributed by atoms with Crippen molar-refractivity contribution in [1.82, 2.24) is 15.0 Å². The highest BCUT2D eigenvalue weighted by Gasteiger charge is 2.20. The van der Waals surface area contributed by atoms with Crippen LogP contribution in [0.3, 0.4) is 0 Å². The molecule has 1 heterocycles. The number of nitrogen functional groups attached to an aromatic ring is 1. The van der Waals surface area contributed by atoms with Crippen molar-refractivity contribution in [3.05, 3.63) is 60.7 Å². The lowest BCUT2D eigenvalue weighted by molar-refractivity contribution is -0.434. The summed E-state index contributed by atoms with van der Waals surface area (Å²) in [5, 5.41) is 36.1. The molecule has 0 unspecified atom stereocenters. The normalized spacial score (nSPS) is 12.0. The van der Waals surface area contributed by atoms with Crippen LogP contribution < -0.4 is 21.7 Å². The average Bonchev–Trinajstić information content (AvgIpc) is 3.04. The van der Waals surface area contributed by atoms with Crippen LogP contribution in [0.25, 0.3) is 0 Å². The van der Waals surface area contributed by atoms with Gasteiger partial charge < -0.3 is 16.4 Å². The number of benzene rings is 3. The first-order valence-electron chi connectivity index (χ1n) is 13.0. The molecule has 0 bridgehead atoms. The number of hydrogen-bond acceptors (Lipinski definition) is 21. The van der Waals surface area contributed by atoms with Gasteiger partial charge in [0.2, 0.25) is 17.8 Å². The Kier molecular flexibility index (Phi) is 12.1. The standard InChI is InChI=1S/C24H22N10O12S4/c25-13-27-22-30-23(28-15-2-1-3-17(10-15)49(38,39)40)32-24(31-22)29-19-11-18(26)21(50(41,42)43)12-20(19)34-33-14-4-6-16(7-5-14)48(36,37)9-8-44-47-46-45-35/h1-7,10-12,35H,8-9,26H2,(H,38,39,40)(H,41,42,43)(H3,27,28,29,30,31,32)/b34-33+. The Balaban J connectivity index is 1.65. The first-order valence-corrected chi connectivity index (χ1v) is 18.2. The molecule has 50 heavy (non-hydrogen) atoms. The summed E-state index contributed by atoms with van der Waals surface area (Å²) in [6, 6.07) is 12.0. The molecule has 26 heteroatoms. The molecular formula is C24H22N10O12S4. The van der Waals surface area contributed by atoms with Crippen LogP contribution in [0, 0.1) is 11.5 Å². The topological polar surface area (TPSA) is 340 Å². The van der Waals surface area contributed by atoms with E-state index in [1.54, 1.807) is 6.19 Å². The zero-order chi connectivity index (χ0) is 36.5. The Bertz CT molecular complexity index is 2270. The molecule has 3 aromatic carbocycles. The van der Waals surface area contributed by atoms with Gasteiger partial charge in [-0.1, -0.05) is 11.1 Å². The van der Waals surface area contributed by atoms with E-state index in [1.165, 1.54) is 36.4 Å². The van der Waals surface area contributed by atoms with E-state index >= 15 is 0 Å². The van der Waals surface area contributed by atoms with Gasteiger partial charge in [0, 0.05) is 5.69 Å². The van der Waals surface area contributed by atoms with Crippen LogP contribution in [0.1, 0.15) is 0 Å². The van der Waals surface area contributed by atoms with Crippen molar-refractivity contribution in [1.29, 1.82) is 5.26 Å². The fourth-order valence-corrected chi connectivity index (χ4v) is 6.28. The summed E-state index contributed by atoms with van der Waals surface area (Å²) in [5.41, 5.74) is 5.37. The number of nitrogens with one attached hydrogen (secondary N) is 3. The molecular weight excluding hydrogens is 749 g/mol. The first-order chi connectivity index (χ1) is 23.6. The van der Waals surface area contributed by atoms with Crippen molar-refractivity contribution in [3.8, 4) is 6.19 Å². The Morgan fingerprint density at radius 3 is 2.18 bits per heavy atom. The van der Waals surface area contributed by atoms with E-state index in [9.17, 15) is 34.4 Å². The predicted molar refractivity (Wildman–Crippen MR) is 174 cm³/mol. The number of nitrogens with two attached hydrogens (primary N) is 1. The van der Waals surface area contributed by atoms with E-state index in [4.69, 9.17) is 20.4 Å². The van der Waals surface area contributed by atoms with E-state index in [-0.39, 0.29) is 64.4 Å². The van der Waals surface area contributed by atoms with Crippen LogP contribution in [0.5, 0.6) is 0 Å². The number of hydrogen-bond donors (Lipinski definition) is 7. The summed E-state index contributed by atoms with van der Waals surface area (Å²) in [4.78, 5) is 10.9. The van der Waals surface area contributed by atoms with Crippen molar-refractivity contribution in [2.75, 3.05) is 34.0 Å². The van der Waals surface area contributed by atoms with Crippen LogP contribution in [0.4, 0.5) is 46.3 Å². The maximum absolute atomic E-state index is 12.5. The van der Waals surface area contributed by atoms with E-state index in [0.29, 0.717) is 0 Å². The molecule has 0 aliphatic heterocycles. The minimum absolute atomic E-state index is 0.0697. The van der Waals surface area contributed by atoms with Gasteiger partial charge >= 0.3 is 0 Å². The van der Waals surface area contributed by atoms with E-state index in [2.05, 4.69) is 50.5 Å². The number of sulfone groups is 1. The molecule has 0 amide bonds. The molecule has 0 atom stereocenters. The summed E-state index contributed by atoms with van der Waals surface area (Å²) in [6.07, 6.45) is 1.63. The third-order valence-electron chi connectivity index (χ3n) is 5.85. The molecule has 0 spiro atoms. The Hall–Kier alpha value is -5.08. The lowest BCUT2D eigenvalue weighted by Crippen LogP contribution is -2.10. The molecule has 0 aliphatic rings. The van der Waals surface area contributed by atoms with Gasteiger partial charge in [0.15, 0.2) is 28.4 Å². The molecule has 264 valence electrons. The number of azo groups is 1. The van der Waals surface area contributed by atoms with Crippen LogP contribution in [-0.4, -0.2) is 66.9 Å². The number of nitrogens with zero attached hydrogens (tertiary/aromatic N) is 6. The van der Waals surface area contributed by atoms with Crippen LogP contribution in [0.15, 0.2) is 85.6 Å². The summed E-state index contributed by atoms with van der Waals surface area (Å²) in [6.45, 7) is -0.311. The molecule has 0 saturated carbocycles. The Morgan fingerprint density at radius 2 is 1.54 bits per heavy atom. The van der Waals surface area contributed by atoms with Gasteiger partial charge in [-0.2, -0.15) is 42.2 Å². The SMILES string of the molecule is N#CNc1nc(Nc2cccc(S(=O)(=O)O)c2)nc(Nc2cc(N)c(S(=O)(=O)O)cc2/N=N/c2ccc(S(=O)(=O)CCOSOOO)cc2)n1. The fraction of sp³-hybridized carbons (Fsp3) is 0.0833. The van der Waals surface area contributed by atoms with Crippen LogP contribution in [0.2, 0.25) is 0 Å². The highest BCUT2D eigenvalue weighted by atomic mass is 32.2. The first kappa shape index (κ1) is 37.7. The van der Waals surface area contributed by atoms with E-state index < -0.39 is 51.3 Å². The van der Waals surface area contributed by atoms with Crippen molar-refractivity contribution in [2.45, 2.75) is 14.7 Å². The number of nitriles is 1. The molecule has 8 N–H and O–H groups in total. The van der Waals surface area contributed by atoms with Gasteiger partial charge in [-0.25, -0.2) is 13.7 Å². The maximum atomic E-state index is 12.5. The van der Waals surface area contributed by atoms with Crippen molar-refractivity contribution < 1.29 is 53.2 Å². The summed E-state index contributed by atoms with van der Waals surface area (Å²) < 4.78 is 99.9. The van der Waals surface area contributed by atoms with E-state index in [0.717, 1.165) is 24.3 Å². The number of aromatic nitrogens is 3. The molecule has 1 aromatic heterocycles. The van der Waals surface area contributed by atoms with Crippen molar-refractivity contribution in [2.24, 2.45) is 10.2 Å². The summed E-state index contributed by atoms with van der Waals surface area (Å²) in [5.74, 6) is -1.26. The van der Waals surface area contributed by atoms with Gasteiger partial charge in [-0.3, -0.25) is 18.6 Å². The van der Waals surface area contributed by atoms with Gasteiger partial charge in [-0.05, 0) is 54.6 Å². The lowest BCUT2D eigenvalue weighted by Gasteiger charge is -2.13. The Morgan fingerprint density at radius 1 is 0.860 bits per heavy atom. The fourth-order valence-electron chi connectivity index (χ4n) is 3.73. The third-order valence-corrected chi connectivity index (χ3v) is 9.69. The highest BCUT2D eigenvalue weighted by Crippen LogP contribution is 2.36. The van der Waals surface area contributed by atoms with Crippen molar-refractivity contribution in [3.63, 3.8) is 0 Å². The quantitative estimate of drug-likeness (QED) is 0.00985. The lowest BCUT2D eigenvalue weighted by atomic mass is 10.2. The second-order valence-electron chi connectivity index (χ2n) is 9.22. The second kappa shape index (κ2) is 16.1. The number of rotatable bonds is 16. The monoisotopic (exact) mass is 770 g/mol. The maximum Gasteiger partial charge on any atom is 0.296 e. The summed E-state index contributed by atoms with van der Waals surface area (Å²) in [7, 11) is -13.2. The smallest absolute Gasteiger partial charge is 0.296 e.